The number of carboxylic acids is 1. The van der Waals surface area contributed by atoms with E-state index < -0.39 is 23.7 Å². The van der Waals surface area contributed by atoms with Gasteiger partial charge in [-0.2, -0.15) is 0 Å². The maximum Gasteiger partial charge on any atom is 0.335 e. The molecule has 2 amide bonds. The fraction of sp³-hybridized carbons (Fsp3) is 0.559. The Hall–Kier alpha value is -3.43. The second-order valence-corrected chi connectivity index (χ2v) is 12.6. The van der Waals surface area contributed by atoms with Crippen molar-refractivity contribution in [3.8, 4) is 11.5 Å². The SMILES string of the molecule is CCCCN1C(=O)[C@@H]([C@H](O)C2CCCC2)NC(=O)C12CCN(Cc1ccc(Oc3c(C)cc(C(=O)O)cc3C)cc1)CC2. The number of carbonyl (C=O) groups is 3. The first-order valence-corrected chi connectivity index (χ1v) is 15.8. The summed E-state index contributed by atoms with van der Waals surface area (Å²) in [5.41, 5.74) is 2.02. The molecule has 0 aromatic heterocycles. The number of aromatic carboxylic acids is 1. The van der Waals surface area contributed by atoms with E-state index in [-0.39, 0.29) is 23.3 Å². The predicted octanol–water partition coefficient (Wildman–Crippen LogP) is 4.81. The Balaban J connectivity index is 1.22. The van der Waals surface area contributed by atoms with Crippen LogP contribution in [0.4, 0.5) is 0 Å². The zero-order valence-electron chi connectivity index (χ0n) is 25.6. The molecule has 2 aromatic rings. The fourth-order valence-electron chi connectivity index (χ4n) is 7.13. The van der Waals surface area contributed by atoms with Crippen LogP contribution in [-0.2, 0) is 16.1 Å². The number of piperidine rings is 1. The lowest BCUT2D eigenvalue weighted by molar-refractivity contribution is -0.165. The molecule has 9 nitrogen and oxygen atoms in total. The molecule has 5 rings (SSSR count). The molecule has 2 aliphatic heterocycles. The van der Waals surface area contributed by atoms with E-state index >= 15 is 0 Å². The molecule has 1 spiro atoms. The van der Waals surface area contributed by atoms with E-state index in [1.54, 1.807) is 12.1 Å². The van der Waals surface area contributed by atoms with Crippen LogP contribution >= 0.6 is 0 Å². The average Bonchev–Trinajstić information content (AvgIpc) is 3.53. The van der Waals surface area contributed by atoms with E-state index in [4.69, 9.17) is 4.74 Å². The highest BCUT2D eigenvalue weighted by Gasteiger charge is 2.55. The van der Waals surface area contributed by atoms with Crippen LogP contribution in [0, 0.1) is 19.8 Å². The van der Waals surface area contributed by atoms with E-state index in [0.29, 0.717) is 44.0 Å². The highest BCUT2D eigenvalue weighted by molar-refractivity contribution is 6.00. The minimum atomic E-state index is -0.961. The number of carboxylic acid groups (broad SMARTS) is 1. The molecule has 2 heterocycles. The summed E-state index contributed by atoms with van der Waals surface area (Å²) in [4.78, 5) is 42.9. The molecule has 3 fully saturated rings. The van der Waals surface area contributed by atoms with Crippen molar-refractivity contribution in [1.82, 2.24) is 15.1 Å². The number of nitrogens with one attached hydrogen (secondary N) is 1. The molecule has 1 aliphatic carbocycles. The monoisotopic (exact) mass is 591 g/mol. The number of hydrogen-bond donors (Lipinski definition) is 3. The van der Waals surface area contributed by atoms with E-state index in [0.717, 1.165) is 61.8 Å². The quantitative estimate of drug-likeness (QED) is 0.363. The first kappa shape index (κ1) is 31.0. The van der Waals surface area contributed by atoms with Crippen molar-refractivity contribution in [2.45, 2.75) is 96.4 Å². The van der Waals surface area contributed by atoms with Gasteiger partial charge in [0.25, 0.3) is 0 Å². The zero-order chi connectivity index (χ0) is 30.7. The topological polar surface area (TPSA) is 119 Å². The molecule has 9 heteroatoms. The van der Waals surface area contributed by atoms with Gasteiger partial charge in [0.15, 0.2) is 0 Å². The molecule has 1 saturated carbocycles. The molecule has 3 aliphatic rings. The van der Waals surface area contributed by atoms with Crippen LogP contribution in [0.15, 0.2) is 36.4 Å². The van der Waals surface area contributed by atoms with Gasteiger partial charge in [-0.25, -0.2) is 4.79 Å². The Labute approximate surface area is 254 Å². The Morgan fingerprint density at radius 3 is 2.28 bits per heavy atom. The number of aryl methyl sites for hydroxylation is 2. The summed E-state index contributed by atoms with van der Waals surface area (Å²) in [6.45, 7) is 8.40. The number of aliphatic hydroxyl groups excluding tert-OH is 1. The van der Waals surface area contributed by atoms with Gasteiger partial charge >= 0.3 is 5.97 Å². The second kappa shape index (κ2) is 13.1. The molecule has 0 radical (unpaired) electrons. The lowest BCUT2D eigenvalue weighted by Gasteiger charge is -2.52. The molecule has 2 saturated heterocycles. The fourth-order valence-corrected chi connectivity index (χ4v) is 7.13. The number of unbranched alkanes of at least 4 members (excludes halogenated alkanes) is 1. The number of piperazine rings is 1. The predicted molar refractivity (Wildman–Crippen MR) is 163 cm³/mol. The maximum atomic E-state index is 13.8. The average molecular weight is 592 g/mol. The largest absolute Gasteiger partial charge is 0.478 e. The lowest BCUT2D eigenvalue weighted by atomic mass is 9.80. The van der Waals surface area contributed by atoms with Crippen LogP contribution < -0.4 is 10.1 Å². The van der Waals surface area contributed by atoms with Crippen molar-refractivity contribution >= 4 is 17.8 Å². The van der Waals surface area contributed by atoms with Gasteiger partial charge in [-0.15, -0.1) is 0 Å². The Morgan fingerprint density at radius 1 is 1.07 bits per heavy atom. The number of benzene rings is 2. The number of hydrogen-bond acceptors (Lipinski definition) is 6. The molecular formula is C34H45N3O6. The number of rotatable bonds is 10. The number of nitrogens with zero attached hydrogens (tertiary/aromatic N) is 2. The van der Waals surface area contributed by atoms with Gasteiger partial charge in [0.05, 0.1) is 11.7 Å². The summed E-state index contributed by atoms with van der Waals surface area (Å²) < 4.78 is 6.11. The normalized spacial score (nSPS) is 21.7. The summed E-state index contributed by atoms with van der Waals surface area (Å²) in [7, 11) is 0. The zero-order valence-corrected chi connectivity index (χ0v) is 25.6. The van der Waals surface area contributed by atoms with Gasteiger partial charge in [-0.1, -0.05) is 38.3 Å². The van der Waals surface area contributed by atoms with Crippen LogP contribution in [0.2, 0.25) is 0 Å². The molecule has 0 bridgehead atoms. The number of aliphatic hydroxyl groups is 1. The smallest absolute Gasteiger partial charge is 0.335 e. The van der Waals surface area contributed by atoms with E-state index in [9.17, 15) is 24.6 Å². The van der Waals surface area contributed by atoms with Crippen LogP contribution in [0.25, 0.3) is 0 Å². The Kier molecular flexibility index (Phi) is 9.42. The molecule has 43 heavy (non-hydrogen) atoms. The number of carbonyl (C=O) groups excluding carboxylic acids is 2. The molecule has 0 unspecified atom stereocenters. The van der Waals surface area contributed by atoms with Crippen LogP contribution in [-0.4, -0.2) is 75.1 Å². The maximum absolute atomic E-state index is 13.8. The minimum absolute atomic E-state index is 0.0699. The summed E-state index contributed by atoms with van der Waals surface area (Å²) in [5, 5.41) is 23.3. The summed E-state index contributed by atoms with van der Waals surface area (Å²) in [5.74, 6) is 0.199. The van der Waals surface area contributed by atoms with E-state index in [2.05, 4.69) is 17.1 Å². The highest BCUT2D eigenvalue weighted by Crippen LogP contribution is 2.37. The Morgan fingerprint density at radius 2 is 1.70 bits per heavy atom. The third kappa shape index (κ3) is 6.43. The summed E-state index contributed by atoms with van der Waals surface area (Å²) in [6.07, 6.45) is 5.98. The molecular weight excluding hydrogens is 546 g/mol. The highest BCUT2D eigenvalue weighted by atomic mass is 16.5. The van der Waals surface area contributed by atoms with Crippen LogP contribution in [0.1, 0.15) is 85.3 Å². The number of ether oxygens (including phenoxy) is 1. The minimum Gasteiger partial charge on any atom is -0.478 e. The van der Waals surface area contributed by atoms with Crippen molar-refractivity contribution in [3.63, 3.8) is 0 Å². The molecule has 232 valence electrons. The van der Waals surface area contributed by atoms with Gasteiger partial charge in [-0.3, -0.25) is 14.5 Å². The summed E-state index contributed by atoms with van der Waals surface area (Å²) in [6, 6.07) is 10.3. The standard InChI is InChI=1S/C34H45N3O6/c1-4-5-16-37-31(39)28(29(38)25-8-6-7-9-25)35-33(42)34(37)14-17-36(18-15-34)21-24-10-12-27(13-11-24)43-30-22(2)19-26(32(40)41)20-23(30)3/h10-13,19-20,25,28-29,38H,4-9,14-18,21H2,1-3H3,(H,35,42)(H,40,41)/t28-,29-/m1/s1. The van der Waals surface area contributed by atoms with Crippen molar-refractivity contribution in [2.75, 3.05) is 19.6 Å². The first-order chi connectivity index (χ1) is 20.6. The number of likely N-dealkylation sites (tertiary alicyclic amines) is 1. The van der Waals surface area contributed by atoms with Crippen LogP contribution in [0.3, 0.4) is 0 Å². The van der Waals surface area contributed by atoms with Gasteiger partial charge < -0.3 is 25.2 Å². The van der Waals surface area contributed by atoms with Crippen molar-refractivity contribution in [2.24, 2.45) is 5.92 Å². The van der Waals surface area contributed by atoms with Gasteiger partial charge in [-0.05, 0) is 92.8 Å². The van der Waals surface area contributed by atoms with Crippen molar-refractivity contribution in [3.05, 3.63) is 58.7 Å². The van der Waals surface area contributed by atoms with E-state index in [1.807, 2.05) is 43.0 Å². The molecule has 2 aromatic carbocycles. The van der Waals surface area contributed by atoms with Gasteiger partial charge in [0.1, 0.15) is 23.1 Å². The van der Waals surface area contributed by atoms with Gasteiger partial charge in [0, 0.05) is 26.2 Å². The van der Waals surface area contributed by atoms with E-state index in [1.165, 1.54) is 0 Å². The Bertz CT molecular complexity index is 1310. The van der Waals surface area contributed by atoms with Crippen molar-refractivity contribution < 1.29 is 29.3 Å². The third-order valence-electron chi connectivity index (χ3n) is 9.66. The summed E-state index contributed by atoms with van der Waals surface area (Å²) >= 11 is 0. The first-order valence-electron chi connectivity index (χ1n) is 15.8. The lowest BCUT2D eigenvalue weighted by Crippen LogP contribution is -2.75. The molecule has 2 atom stereocenters. The van der Waals surface area contributed by atoms with Gasteiger partial charge in [0.2, 0.25) is 11.8 Å². The molecule has 3 N–H and O–H groups in total. The van der Waals surface area contributed by atoms with Crippen molar-refractivity contribution in [1.29, 1.82) is 0 Å². The van der Waals surface area contributed by atoms with Crippen LogP contribution in [0.5, 0.6) is 11.5 Å². The second-order valence-electron chi connectivity index (χ2n) is 12.6. The third-order valence-corrected chi connectivity index (χ3v) is 9.66. The number of amides is 2.